The molecule has 0 N–H and O–H groups in total. The summed E-state index contributed by atoms with van der Waals surface area (Å²) in [6.07, 6.45) is 2.49. The summed E-state index contributed by atoms with van der Waals surface area (Å²) >= 11 is 5.56. The van der Waals surface area contributed by atoms with Gasteiger partial charge in [0.1, 0.15) is 17.3 Å². The largest absolute Gasteiger partial charge is 0.253 e. The highest BCUT2D eigenvalue weighted by Crippen LogP contribution is 2.11. The van der Waals surface area contributed by atoms with Crippen LogP contribution in [-0.4, -0.2) is 9.78 Å². The molecule has 1 rings (SSSR count). The zero-order valence-electron chi connectivity index (χ0n) is 5.43. The molecule has 0 amide bonds. The van der Waals surface area contributed by atoms with Gasteiger partial charge in [-0.25, -0.2) is 0 Å². The number of aryl methyl sites for hydroxylation is 1. The average Bonchev–Trinajstić information content (AvgIpc) is 2.30. The molecule has 0 atom stereocenters. The number of nitriles is 1. The molecule has 0 aromatic carbocycles. The lowest BCUT2D eigenvalue weighted by Gasteiger charge is -1.93. The minimum absolute atomic E-state index is 0.296. The minimum atomic E-state index is 0.296. The van der Waals surface area contributed by atoms with Gasteiger partial charge in [0.15, 0.2) is 5.69 Å². The monoisotopic (exact) mass is 154 g/mol. The van der Waals surface area contributed by atoms with Crippen molar-refractivity contribution in [2.75, 3.05) is 0 Å². The highest BCUT2D eigenvalue weighted by Gasteiger charge is 2.05. The van der Waals surface area contributed by atoms with E-state index >= 15 is 0 Å². The van der Waals surface area contributed by atoms with Crippen LogP contribution in [-0.2, 0) is 6.54 Å². The SMILES string of the molecule is CCn1n[c]c(Cl)c1C#N. The van der Waals surface area contributed by atoms with Crippen molar-refractivity contribution >= 4 is 11.6 Å². The molecule has 0 saturated heterocycles. The Kier molecular flexibility index (Phi) is 1.93. The highest BCUT2D eigenvalue weighted by atomic mass is 35.5. The van der Waals surface area contributed by atoms with Crippen molar-refractivity contribution in [1.29, 1.82) is 5.26 Å². The van der Waals surface area contributed by atoms with Gasteiger partial charge in [-0.15, -0.1) is 0 Å². The van der Waals surface area contributed by atoms with Crippen molar-refractivity contribution in [3.8, 4) is 6.07 Å². The average molecular weight is 155 g/mol. The van der Waals surface area contributed by atoms with E-state index in [1.165, 1.54) is 4.68 Å². The number of rotatable bonds is 1. The van der Waals surface area contributed by atoms with E-state index in [-0.39, 0.29) is 0 Å². The summed E-state index contributed by atoms with van der Waals surface area (Å²) in [5, 5.41) is 12.5. The Hall–Kier alpha value is -1.01. The van der Waals surface area contributed by atoms with E-state index in [9.17, 15) is 0 Å². The van der Waals surface area contributed by atoms with E-state index in [4.69, 9.17) is 16.9 Å². The van der Waals surface area contributed by atoms with Gasteiger partial charge in [0.25, 0.3) is 0 Å². The van der Waals surface area contributed by atoms with Crippen LogP contribution in [0.3, 0.4) is 0 Å². The second-order valence-electron chi connectivity index (χ2n) is 1.70. The molecule has 0 bridgehead atoms. The van der Waals surface area contributed by atoms with Gasteiger partial charge in [-0.3, -0.25) is 4.68 Å². The van der Waals surface area contributed by atoms with Crippen LogP contribution < -0.4 is 0 Å². The van der Waals surface area contributed by atoms with Crippen molar-refractivity contribution in [1.82, 2.24) is 9.78 Å². The maximum atomic E-state index is 8.50. The van der Waals surface area contributed by atoms with E-state index in [0.717, 1.165) is 0 Å². The van der Waals surface area contributed by atoms with Gasteiger partial charge in [-0.05, 0) is 6.92 Å². The molecule has 0 saturated carbocycles. The first-order valence-electron chi connectivity index (χ1n) is 2.83. The molecule has 1 aromatic rings. The van der Waals surface area contributed by atoms with Crippen molar-refractivity contribution in [3.05, 3.63) is 16.9 Å². The van der Waals surface area contributed by atoms with Crippen LogP contribution >= 0.6 is 11.6 Å². The van der Waals surface area contributed by atoms with E-state index in [2.05, 4.69) is 11.3 Å². The summed E-state index contributed by atoms with van der Waals surface area (Å²) in [5.41, 5.74) is 0.379. The van der Waals surface area contributed by atoms with Crippen molar-refractivity contribution in [2.24, 2.45) is 0 Å². The van der Waals surface area contributed by atoms with E-state index in [1.54, 1.807) is 0 Å². The third-order valence-electron chi connectivity index (χ3n) is 1.14. The standard InChI is InChI=1S/C6H5ClN3/c1-2-10-6(3-8)5(7)4-9-10/h2H2,1H3. The van der Waals surface area contributed by atoms with Gasteiger partial charge >= 0.3 is 0 Å². The van der Waals surface area contributed by atoms with Crippen molar-refractivity contribution < 1.29 is 0 Å². The van der Waals surface area contributed by atoms with Gasteiger partial charge in [0, 0.05) is 6.54 Å². The summed E-state index contributed by atoms with van der Waals surface area (Å²) in [7, 11) is 0. The van der Waals surface area contributed by atoms with Crippen molar-refractivity contribution in [2.45, 2.75) is 13.5 Å². The Bertz CT molecular complexity index is 271. The van der Waals surface area contributed by atoms with Gasteiger partial charge in [0.2, 0.25) is 0 Å². The molecule has 0 aliphatic rings. The second-order valence-corrected chi connectivity index (χ2v) is 2.08. The molecule has 4 heteroatoms. The predicted molar refractivity (Wildman–Crippen MR) is 36.5 cm³/mol. The smallest absolute Gasteiger partial charge is 0.157 e. The van der Waals surface area contributed by atoms with Crippen LogP contribution in [0.2, 0.25) is 5.02 Å². The molecule has 1 radical (unpaired) electrons. The molecule has 0 unspecified atom stereocenters. The maximum absolute atomic E-state index is 8.50. The first-order chi connectivity index (χ1) is 4.79. The van der Waals surface area contributed by atoms with Gasteiger partial charge in [-0.2, -0.15) is 10.4 Å². The van der Waals surface area contributed by atoms with Crippen molar-refractivity contribution in [3.63, 3.8) is 0 Å². The van der Waals surface area contributed by atoms with E-state index < -0.39 is 0 Å². The number of hydrogen-bond donors (Lipinski definition) is 0. The molecular weight excluding hydrogens is 150 g/mol. The quantitative estimate of drug-likeness (QED) is 0.611. The number of halogens is 1. The Balaban J connectivity index is 3.17. The molecule has 3 nitrogen and oxygen atoms in total. The van der Waals surface area contributed by atoms with E-state index in [0.29, 0.717) is 17.3 Å². The third kappa shape index (κ3) is 0.981. The molecule has 0 spiro atoms. The lowest BCUT2D eigenvalue weighted by atomic mass is 10.5. The van der Waals surface area contributed by atoms with Crippen LogP contribution in [0.1, 0.15) is 12.6 Å². The summed E-state index contributed by atoms with van der Waals surface area (Å²) in [6, 6.07) is 1.93. The zero-order valence-corrected chi connectivity index (χ0v) is 6.18. The van der Waals surface area contributed by atoms with E-state index in [1.807, 2.05) is 13.0 Å². The summed E-state index contributed by atoms with van der Waals surface area (Å²) in [4.78, 5) is 0. The fraction of sp³-hybridized carbons (Fsp3) is 0.333. The molecule has 0 aliphatic heterocycles. The highest BCUT2D eigenvalue weighted by molar-refractivity contribution is 6.31. The van der Waals surface area contributed by atoms with Crippen LogP contribution in [0.4, 0.5) is 0 Å². The lowest BCUT2D eigenvalue weighted by molar-refractivity contribution is 0.650. The zero-order chi connectivity index (χ0) is 7.56. The molecule has 0 aliphatic carbocycles. The minimum Gasteiger partial charge on any atom is -0.253 e. The topological polar surface area (TPSA) is 41.6 Å². The molecule has 10 heavy (non-hydrogen) atoms. The first-order valence-corrected chi connectivity index (χ1v) is 3.21. The maximum Gasteiger partial charge on any atom is 0.157 e. The van der Waals surface area contributed by atoms with Gasteiger partial charge < -0.3 is 0 Å². The van der Waals surface area contributed by atoms with Crippen LogP contribution in [0.25, 0.3) is 0 Å². The summed E-state index contributed by atoms with van der Waals surface area (Å²) in [6.45, 7) is 2.53. The normalized spacial score (nSPS) is 9.30. The van der Waals surface area contributed by atoms with Gasteiger partial charge in [-0.1, -0.05) is 11.6 Å². The molecular formula is C6H5ClN3. The van der Waals surface area contributed by atoms with Crippen LogP contribution in [0.15, 0.2) is 0 Å². The second kappa shape index (κ2) is 2.72. The number of nitrogens with zero attached hydrogens (tertiary/aromatic N) is 3. The number of aromatic nitrogens is 2. The molecule has 1 heterocycles. The summed E-state index contributed by atoms with van der Waals surface area (Å²) in [5.74, 6) is 0. The summed E-state index contributed by atoms with van der Waals surface area (Å²) < 4.78 is 1.50. The Morgan fingerprint density at radius 3 is 3.00 bits per heavy atom. The predicted octanol–water partition coefficient (Wildman–Crippen LogP) is 1.23. The van der Waals surface area contributed by atoms with Gasteiger partial charge in [0.05, 0.1) is 0 Å². The van der Waals surface area contributed by atoms with Crippen LogP contribution in [0, 0.1) is 17.5 Å². The lowest BCUT2D eigenvalue weighted by Crippen LogP contribution is -1.98. The fourth-order valence-corrected chi connectivity index (χ4v) is 0.834. The Morgan fingerprint density at radius 2 is 2.60 bits per heavy atom. The molecule has 1 aromatic heterocycles. The first kappa shape index (κ1) is 7.10. The Labute approximate surface area is 63.8 Å². The Morgan fingerprint density at radius 1 is 1.90 bits per heavy atom. The third-order valence-corrected chi connectivity index (χ3v) is 1.40. The molecule has 51 valence electrons. The molecule has 0 fully saturated rings. The van der Waals surface area contributed by atoms with Crippen LogP contribution in [0.5, 0.6) is 0 Å². The fourth-order valence-electron chi connectivity index (χ4n) is 0.656. The number of hydrogen-bond acceptors (Lipinski definition) is 2.